The molecular formula is C14H13FN2O3. The summed E-state index contributed by atoms with van der Waals surface area (Å²) in [4.78, 5) is 10.2. The summed E-state index contributed by atoms with van der Waals surface area (Å²) in [6, 6.07) is 10.2. The molecule has 0 heterocycles. The fourth-order valence-electron chi connectivity index (χ4n) is 1.74. The van der Waals surface area contributed by atoms with Gasteiger partial charge >= 0.3 is 5.69 Å². The summed E-state index contributed by atoms with van der Waals surface area (Å²) in [5.41, 5.74) is 6.09. The van der Waals surface area contributed by atoms with Crippen LogP contribution in [0, 0.1) is 15.9 Å². The highest BCUT2D eigenvalue weighted by Crippen LogP contribution is 2.31. The van der Waals surface area contributed by atoms with Gasteiger partial charge in [0, 0.05) is 0 Å². The summed E-state index contributed by atoms with van der Waals surface area (Å²) < 4.78 is 18.4. The summed E-state index contributed by atoms with van der Waals surface area (Å²) in [6.45, 7) is 0.545. The van der Waals surface area contributed by atoms with Crippen LogP contribution in [-0.4, -0.2) is 11.5 Å². The molecule has 20 heavy (non-hydrogen) atoms. The Morgan fingerprint density at radius 3 is 2.50 bits per heavy atom. The van der Waals surface area contributed by atoms with Crippen molar-refractivity contribution in [3.63, 3.8) is 0 Å². The first kappa shape index (κ1) is 14.0. The van der Waals surface area contributed by atoms with Crippen molar-refractivity contribution in [3.05, 3.63) is 64.0 Å². The van der Waals surface area contributed by atoms with E-state index < -0.39 is 16.4 Å². The molecule has 0 fully saturated rings. The lowest BCUT2D eigenvalue weighted by Gasteiger charge is -2.07. The predicted octanol–water partition coefficient (Wildman–Crippen LogP) is 3.03. The molecule has 104 valence electrons. The predicted molar refractivity (Wildman–Crippen MR) is 72.3 cm³/mol. The van der Waals surface area contributed by atoms with Crippen LogP contribution in [-0.2, 0) is 6.42 Å². The van der Waals surface area contributed by atoms with E-state index in [1.165, 1.54) is 6.07 Å². The summed E-state index contributed by atoms with van der Waals surface area (Å²) >= 11 is 0. The van der Waals surface area contributed by atoms with Crippen molar-refractivity contribution in [2.45, 2.75) is 6.42 Å². The number of rotatable bonds is 5. The number of nitrogens with zero attached hydrogens (tertiary/aromatic N) is 1. The van der Waals surface area contributed by atoms with Crippen LogP contribution in [0.15, 0.2) is 42.5 Å². The summed E-state index contributed by atoms with van der Waals surface area (Å²) in [7, 11) is 0. The van der Waals surface area contributed by atoms with Crippen LogP contribution in [0.2, 0.25) is 0 Å². The van der Waals surface area contributed by atoms with Gasteiger partial charge in [-0.25, -0.2) is 4.39 Å². The monoisotopic (exact) mass is 276 g/mol. The maximum absolute atomic E-state index is 13.0. The Morgan fingerprint density at radius 1 is 1.20 bits per heavy atom. The number of halogens is 1. The molecule has 0 aromatic heterocycles. The van der Waals surface area contributed by atoms with Crippen molar-refractivity contribution >= 4 is 5.69 Å². The SMILES string of the molecule is NCCc1ccc(Oc2ccc(F)cc2[N+](=O)[O-])cc1. The molecule has 0 aliphatic heterocycles. The summed E-state index contributed by atoms with van der Waals surface area (Å²) in [5, 5.41) is 10.8. The number of nitro benzene ring substituents is 1. The Balaban J connectivity index is 2.23. The maximum Gasteiger partial charge on any atom is 0.314 e. The van der Waals surface area contributed by atoms with Gasteiger partial charge in [0.2, 0.25) is 5.75 Å². The van der Waals surface area contributed by atoms with Crippen LogP contribution >= 0.6 is 0 Å². The van der Waals surface area contributed by atoms with Crippen LogP contribution in [0.25, 0.3) is 0 Å². The van der Waals surface area contributed by atoms with Crippen LogP contribution in [0.3, 0.4) is 0 Å². The van der Waals surface area contributed by atoms with Gasteiger partial charge in [-0.3, -0.25) is 10.1 Å². The Hall–Kier alpha value is -2.47. The molecule has 0 aliphatic rings. The number of hydrogen-bond acceptors (Lipinski definition) is 4. The number of nitro groups is 1. The molecule has 0 radical (unpaired) electrons. The molecule has 2 aromatic carbocycles. The van der Waals surface area contributed by atoms with Gasteiger partial charge in [0.05, 0.1) is 11.0 Å². The molecule has 0 saturated heterocycles. The Morgan fingerprint density at radius 2 is 1.90 bits per heavy atom. The van der Waals surface area contributed by atoms with Gasteiger partial charge in [0.25, 0.3) is 0 Å². The molecule has 2 rings (SSSR count). The van der Waals surface area contributed by atoms with E-state index in [2.05, 4.69) is 0 Å². The fraction of sp³-hybridized carbons (Fsp3) is 0.143. The standard InChI is InChI=1S/C14H13FN2O3/c15-11-3-6-14(13(9-11)17(18)19)20-12-4-1-10(2-5-12)7-8-16/h1-6,9H,7-8,16H2. The highest BCUT2D eigenvalue weighted by atomic mass is 19.1. The third kappa shape index (κ3) is 3.30. The van der Waals surface area contributed by atoms with E-state index in [1.54, 1.807) is 12.1 Å². The molecular weight excluding hydrogens is 263 g/mol. The molecule has 0 amide bonds. The average molecular weight is 276 g/mol. The quantitative estimate of drug-likeness (QED) is 0.672. The highest BCUT2D eigenvalue weighted by Gasteiger charge is 2.16. The molecule has 0 bridgehead atoms. The average Bonchev–Trinajstić information content (AvgIpc) is 2.43. The van der Waals surface area contributed by atoms with E-state index in [0.717, 1.165) is 24.1 Å². The zero-order chi connectivity index (χ0) is 14.5. The molecule has 0 aliphatic carbocycles. The van der Waals surface area contributed by atoms with Crippen molar-refractivity contribution in [3.8, 4) is 11.5 Å². The van der Waals surface area contributed by atoms with Crippen LogP contribution in [0.1, 0.15) is 5.56 Å². The minimum absolute atomic E-state index is 0.00275. The molecule has 0 atom stereocenters. The van der Waals surface area contributed by atoms with Crippen LogP contribution < -0.4 is 10.5 Å². The van der Waals surface area contributed by atoms with Gasteiger partial charge in [-0.05, 0) is 42.8 Å². The van der Waals surface area contributed by atoms with Crippen molar-refractivity contribution in [1.82, 2.24) is 0 Å². The second-order valence-electron chi connectivity index (χ2n) is 4.15. The minimum atomic E-state index is -0.679. The van der Waals surface area contributed by atoms with Crippen molar-refractivity contribution in [1.29, 1.82) is 0 Å². The van der Waals surface area contributed by atoms with Crippen LogP contribution in [0.5, 0.6) is 11.5 Å². The Kier molecular flexibility index (Phi) is 4.27. The van der Waals surface area contributed by atoms with Crippen molar-refractivity contribution < 1.29 is 14.1 Å². The number of benzene rings is 2. The Labute approximate surface area is 114 Å². The normalized spacial score (nSPS) is 10.3. The van der Waals surface area contributed by atoms with E-state index in [1.807, 2.05) is 12.1 Å². The number of ether oxygens (including phenoxy) is 1. The molecule has 0 spiro atoms. The lowest BCUT2D eigenvalue weighted by Crippen LogP contribution is -2.02. The number of nitrogens with two attached hydrogens (primary N) is 1. The van der Waals surface area contributed by atoms with E-state index in [4.69, 9.17) is 10.5 Å². The molecule has 6 heteroatoms. The zero-order valence-corrected chi connectivity index (χ0v) is 10.6. The smallest absolute Gasteiger partial charge is 0.314 e. The van der Waals surface area contributed by atoms with E-state index in [-0.39, 0.29) is 5.75 Å². The summed E-state index contributed by atoms with van der Waals surface area (Å²) in [5.74, 6) is -0.231. The van der Waals surface area contributed by atoms with Gasteiger partial charge in [-0.1, -0.05) is 12.1 Å². The highest BCUT2D eigenvalue weighted by molar-refractivity contribution is 5.48. The molecule has 5 nitrogen and oxygen atoms in total. The molecule has 0 saturated carbocycles. The Bertz CT molecular complexity index is 614. The van der Waals surface area contributed by atoms with Crippen molar-refractivity contribution in [2.75, 3.05) is 6.54 Å². The largest absolute Gasteiger partial charge is 0.450 e. The van der Waals surface area contributed by atoms with E-state index >= 15 is 0 Å². The first-order valence-electron chi connectivity index (χ1n) is 6.01. The van der Waals surface area contributed by atoms with Gasteiger partial charge in [-0.2, -0.15) is 0 Å². The molecule has 2 aromatic rings. The lowest BCUT2D eigenvalue weighted by molar-refractivity contribution is -0.385. The van der Waals surface area contributed by atoms with E-state index in [0.29, 0.717) is 12.3 Å². The second-order valence-corrected chi connectivity index (χ2v) is 4.15. The maximum atomic E-state index is 13.0. The fourth-order valence-corrected chi connectivity index (χ4v) is 1.74. The topological polar surface area (TPSA) is 78.4 Å². The van der Waals surface area contributed by atoms with Gasteiger partial charge < -0.3 is 10.5 Å². The van der Waals surface area contributed by atoms with Gasteiger partial charge in [0.1, 0.15) is 11.6 Å². The molecule has 0 unspecified atom stereocenters. The van der Waals surface area contributed by atoms with Crippen LogP contribution in [0.4, 0.5) is 10.1 Å². The van der Waals surface area contributed by atoms with Crippen molar-refractivity contribution in [2.24, 2.45) is 5.73 Å². The van der Waals surface area contributed by atoms with Gasteiger partial charge in [0.15, 0.2) is 0 Å². The third-order valence-electron chi connectivity index (χ3n) is 2.70. The first-order valence-corrected chi connectivity index (χ1v) is 6.01. The summed E-state index contributed by atoms with van der Waals surface area (Å²) in [6.07, 6.45) is 0.747. The third-order valence-corrected chi connectivity index (χ3v) is 2.70. The molecule has 2 N–H and O–H groups in total. The second kappa shape index (κ2) is 6.12. The zero-order valence-electron chi connectivity index (χ0n) is 10.6. The number of hydrogen-bond donors (Lipinski definition) is 1. The first-order chi connectivity index (χ1) is 9.60. The van der Waals surface area contributed by atoms with Gasteiger partial charge in [-0.15, -0.1) is 0 Å². The minimum Gasteiger partial charge on any atom is -0.450 e. The van der Waals surface area contributed by atoms with E-state index in [9.17, 15) is 14.5 Å². The lowest BCUT2D eigenvalue weighted by atomic mass is 10.1.